The van der Waals surface area contributed by atoms with Crippen LogP contribution in [0.1, 0.15) is 27.9 Å². The van der Waals surface area contributed by atoms with E-state index in [1.165, 1.54) is 7.11 Å². The van der Waals surface area contributed by atoms with Gasteiger partial charge in [0, 0.05) is 11.3 Å². The predicted molar refractivity (Wildman–Crippen MR) is 111 cm³/mol. The highest BCUT2D eigenvalue weighted by molar-refractivity contribution is 7.17. The Hall–Kier alpha value is -2.91. The lowest BCUT2D eigenvalue weighted by Gasteiger charge is -2.12. The number of hydrogen-bond donors (Lipinski definition) is 1. The van der Waals surface area contributed by atoms with Crippen molar-refractivity contribution < 1.29 is 22.8 Å². The first-order valence-electron chi connectivity index (χ1n) is 8.53. The molecule has 3 aromatic rings. The van der Waals surface area contributed by atoms with Gasteiger partial charge in [-0.3, -0.25) is 4.79 Å². The van der Waals surface area contributed by atoms with E-state index in [2.05, 4.69) is 15.5 Å². The summed E-state index contributed by atoms with van der Waals surface area (Å²) in [5.74, 6) is -0.932. The number of carbonyl (C=O) groups is 1. The van der Waals surface area contributed by atoms with Crippen molar-refractivity contribution in [1.82, 2.24) is 4.98 Å². The normalized spacial score (nSPS) is 12.0. The molecular weight excluding hydrogens is 439 g/mol. The highest BCUT2D eigenvalue weighted by Crippen LogP contribution is 2.37. The van der Waals surface area contributed by atoms with Gasteiger partial charge >= 0.3 is 6.18 Å². The van der Waals surface area contributed by atoms with Gasteiger partial charge in [0.05, 0.1) is 5.71 Å². The number of halogens is 4. The van der Waals surface area contributed by atoms with Crippen molar-refractivity contribution in [2.24, 2.45) is 5.16 Å². The number of rotatable bonds is 5. The van der Waals surface area contributed by atoms with Crippen molar-refractivity contribution in [3.63, 3.8) is 0 Å². The molecule has 3 rings (SSSR count). The molecular formula is C20H15ClF3N3O2S. The maximum absolute atomic E-state index is 13.1. The Labute approximate surface area is 179 Å². The van der Waals surface area contributed by atoms with Gasteiger partial charge in [-0.05, 0) is 24.1 Å². The molecule has 0 unspecified atom stereocenters. The number of oxime groups is 1. The average molecular weight is 454 g/mol. The Morgan fingerprint density at radius 2 is 1.83 bits per heavy atom. The number of benzene rings is 2. The Morgan fingerprint density at radius 1 is 1.17 bits per heavy atom. The summed E-state index contributed by atoms with van der Waals surface area (Å²) in [5, 5.41) is 6.41. The smallest absolute Gasteiger partial charge is 0.399 e. The number of thiazole rings is 1. The van der Waals surface area contributed by atoms with Crippen LogP contribution in [0.2, 0.25) is 4.47 Å². The SMILES string of the molecule is CON=C(C)c1ccc(-c2ccccc2NC(=O)c2sc(Cl)nc2C(F)(F)F)cc1. The van der Waals surface area contributed by atoms with Gasteiger partial charge in [-0.15, -0.1) is 0 Å². The summed E-state index contributed by atoms with van der Waals surface area (Å²) in [7, 11) is 1.46. The zero-order valence-corrected chi connectivity index (χ0v) is 17.3. The first kappa shape index (κ1) is 21.8. The van der Waals surface area contributed by atoms with Crippen LogP contribution in [0.3, 0.4) is 0 Å². The van der Waals surface area contributed by atoms with Crippen molar-refractivity contribution in [2.75, 3.05) is 12.4 Å². The van der Waals surface area contributed by atoms with Crippen LogP contribution in [0.15, 0.2) is 53.7 Å². The monoisotopic (exact) mass is 453 g/mol. The molecule has 1 amide bonds. The lowest BCUT2D eigenvalue weighted by Crippen LogP contribution is -2.17. The minimum absolute atomic E-state index is 0.357. The molecule has 0 aliphatic carbocycles. The van der Waals surface area contributed by atoms with E-state index in [9.17, 15) is 18.0 Å². The molecule has 0 aliphatic heterocycles. The molecule has 10 heteroatoms. The molecule has 1 N–H and O–H groups in total. The number of hydrogen-bond acceptors (Lipinski definition) is 5. The van der Waals surface area contributed by atoms with E-state index >= 15 is 0 Å². The summed E-state index contributed by atoms with van der Waals surface area (Å²) < 4.78 is 39.1. The van der Waals surface area contributed by atoms with Gasteiger partial charge in [0.15, 0.2) is 10.2 Å². The van der Waals surface area contributed by atoms with E-state index in [-0.39, 0.29) is 4.47 Å². The molecule has 1 heterocycles. The minimum atomic E-state index is -4.78. The highest BCUT2D eigenvalue weighted by atomic mass is 35.5. The first-order valence-corrected chi connectivity index (χ1v) is 9.72. The molecule has 30 heavy (non-hydrogen) atoms. The van der Waals surface area contributed by atoms with Crippen molar-refractivity contribution in [3.8, 4) is 11.1 Å². The topological polar surface area (TPSA) is 63.6 Å². The lowest BCUT2D eigenvalue weighted by molar-refractivity contribution is -0.141. The van der Waals surface area contributed by atoms with Crippen LogP contribution in [0.25, 0.3) is 11.1 Å². The van der Waals surface area contributed by atoms with Crippen LogP contribution < -0.4 is 5.32 Å². The summed E-state index contributed by atoms with van der Waals surface area (Å²) in [6.07, 6.45) is -4.78. The van der Waals surface area contributed by atoms with Gasteiger partial charge in [-0.25, -0.2) is 4.98 Å². The fourth-order valence-corrected chi connectivity index (χ4v) is 3.77. The summed E-state index contributed by atoms with van der Waals surface area (Å²) >= 11 is 6.09. The van der Waals surface area contributed by atoms with Gasteiger partial charge in [0.2, 0.25) is 0 Å². The largest absolute Gasteiger partial charge is 0.435 e. The van der Waals surface area contributed by atoms with Crippen molar-refractivity contribution in [3.05, 3.63) is 69.1 Å². The van der Waals surface area contributed by atoms with Crippen LogP contribution in [0.4, 0.5) is 18.9 Å². The molecule has 0 aliphatic rings. The van der Waals surface area contributed by atoms with Gasteiger partial charge in [0.1, 0.15) is 12.0 Å². The highest BCUT2D eigenvalue weighted by Gasteiger charge is 2.39. The second kappa shape index (κ2) is 8.85. The second-order valence-electron chi connectivity index (χ2n) is 6.08. The van der Waals surface area contributed by atoms with E-state index in [1.54, 1.807) is 31.2 Å². The predicted octanol–water partition coefficient (Wildman–Crippen LogP) is 6.11. The Balaban J connectivity index is 1.92. The van der Waals surface area contributed by atoms with Crippen LogP contribution in [-0.4, -0.2) is 23.7 Å². The summed E-state index contributed by atoms with van der Waals surface area (Å²) in [5.41, 5.74) is 1.99. The number of aromatic nitrogens is 1. The lowest BCUT2D eigenvalue weighted by atomic mass is 10.0. The Bertz CT molecular complexity index is 1100. The molecule has 0 saturated heterocycles. The quantitative estimate of drug-likeness (QED) is 0.374. The van der Waals surface area contributed by atoms with Crippen LogP contribution >= 0.6 is 22.9 Å². The average Bonchev–Trinajstić information content (AvgIpc) is 3.11. The minimum Gasteiger partial charge on any atom is -0.399 e. The molecule has 1 aromatic heterocycles. The van der Waals surface area contributed by atoms with E-state index in [1.807, 2.05) is 24.3 Å². The molecule has 2 aromatic carbocycles. The Morgan fingerprint density at radius 3 is 2.47 bits per heavy atom. The zero-order chi connectivity index (χ0) is 21.9. The summed E-state index contributed by atoms with van der Waals surface area (Å²) in [6, 6.07) is 14.1. The summed E-state index contributed by atoms with van der Waals surface area (Å²) in [6.45, 7) is 1.80. The fourth-order valence-electron chi connectivity index (χ4n) is 2.74. The number of carbonyl (C=O) groups excluding carboxylic acids is 1. The third-order valence-corrected chi connectivity index (χ3v) is 5.25. The third kappa shape index (κ3) is 4.80. The number of para-hydroxylation sites is 1. The second-order valence-corrected chi connectivity index (χ2v) is 7.66. The summed E-state index contributed by atoms with van der Waals surface area (Å²) in [4.78, 5) is 20.0. The molecule has 0 radical (unpaired) electrons. The number of anilines is 1. The number of alkyl halides is 3. The van der Waals surface area contributed by atoms with Gasteiger partial charge < -0.3 is 10.2 Å². The van der Waals surface area contributed by atoms with Gasteiger partial charge in [-0.2, -0.15) is 13.2 Å². The van der Waals surface area contributed by atoms with Crippen LogP contribution in [-0.2, 0) is 11.0 Å². The maximum atomic E-state index is 13.1. The molecule has 0 spiro atoms. The van der Waals surface area contributed by atoms with Crippen molar-refractivity contribution in [2.45, 2.75) is 13.1 Å². The molecule has 0 atom stereocenters. The van der Waals surface area contributed by atoms with Gasteiger partial charge in [-0.1, -0.05) is 70.6 Å². The zero-order valence-electron chi connectivity index (χ0n) is 15.7. The number of nitrogens with one attached hydrogen (secondary N) is 1. The molecule has 156 valence electrons. The standard InChI is InChI=1S/C20H15ClF3N3O2S/c1-11(27-29-2)12-7-9-13(10-8-12)14-5-3-4-6-15(14)25-18(28)16-17(20(22,23)24)26-19(21)30-16/h3-10H,1-2H3,(H,25,28). The van der Waals surface area contributed by atoms with E-state index in [0.29, 0.717) is 28.3 Å². The number of nitrogens with zero attached hydrogens (tertiary/aromatic N) is 2. The van der Waals surface area contributed by atoms with E-state index in [4.69, 9.17) is 16.4 Å². The molecule has 0 saturated carbocycles. The first-order chi connectivity index (χ1) is 14.2. The number of amides is 1. The fraction of sp³-hybridized carbons (Fsp3) is 0.150. The van der Waals surface area contributed by atoms with Crippen molar-refractivity contribution >= 4 is 40.2 Å². The molecule has 0 fully saturated rings. The van der Waals surface area contributed by atoms with Gasteiger partial charge in [0.25, 0.3) is 5.91 Å². The maximum Gasteiger partial charge on any atom is 0.435 e. The van der Waals surface area contributed by atoms with Crippen molar-refractivity contribution in [1.29, 1.82) is 0 Å². The molecule has 5 nitrogen and oxygen atoms in total. The van der Waals surface area contributed by atoms with E-state index < -0.39 is 22.7 Å². The van der Waals surface area contributed by atoms with E-state index in [0.717, 1.165) is 11.1 Å². The Kier molecular flexibility index (Phi) is 6.42. The van der Waals surface area contributed by atoms with Crippen LogP contribution in [0, 0.1) is 0 Å². The van der Waals surface area contributed by atoms with Crippen LogP contribution in [0.5, 0.6) is 0 Å². The third-order valence-electron chi connectivity index (χ3n) is 4.09. The molecule has 0 bridgehead atoms.